The molecule has 0 aliphatic carbocycles. The maximum atomic E-state index is 11.8. The van der Waals surface area contributed by atoms with E-state index in [0.717, 1.165) is 0 Å². The molecule has 1 amide bonds. The monoisotopic (exact) mass is 521 g/mol. The van der Waals surface area contributed by atoms with Crippen molar-refractivity contribution >= 4 is 23.3 Å². The average molecular weight is 522 g/mol. The number of ether oxygens (including phenoxy) is 2. The largest absolute Gasteiger partial charge is 0.476 e. The Labute approximate surface area is 220 Å². The number of nitrogens with zero attached hydrogens (tertiary/aromatic N) is 5. The van der Waals surface area contributed by atoms with Crippen LogP contribution in [0.5, 0.6) is 5.88 Å². The number of nitro groups is 1. The molecule has 12 nitrogen and oxygen atoms in total. The minimum absolute atomic E-state index is 0.0496. The number of aromatic nitrogens is 3. The van der Waals surface area contributed by atoms with Crippen LogP contribution in [0.15, 0.2) is 42.6 Å². The van der Waals surface area contributed by atoms with Crippen LogP contribution in [0, 0.1) is 21.4 Å². The molecule has 0 spiro atoms. The van der Waals surface area contributed by atoms with Crippen molar-refractivity contribution in [2.75, 3.05) is 18.5 Å². The van der Waals surface area contributed by atoms with Gasteiger partial charge in [0, 0.05) is 35.6 Å². The fourth-order valence-electron chi connectivity index (χ4n) is 3.39. The second-order valence-corrected chi connectivity index (χ2v) is 10.4. The number of benzene rings is 1. The number of rotatable bonds is 8. The van der Waals surface area contributed by atoms with Crippen LogP contribution < -0.4 is 15.4 Å². The Morgan fingerprint density at radius 2 is 1.84 bits per heavy atom. The molecule has 0 saturated carbocycles. The van der Waals surface area contributed by atoms with Gasteiger partial charge in [-0.15, -0.1) is 0 Å². The van der Waals surface area contributed by atoms with Crippen molar-refractivity contribution in [2.24, 2.45) is 0 Å². The number of carbonyl (C=O) groups is 1. The van der Waals surface area contributed by atoms with Crippen molar-refractivity contribution in [3.05, 3.63) is 58.3 Å². The van der Waals surface area contributed by atoms with Gasteiger partial charge in [-0.2, -0.15) is 10.4 Å². The molecule has 0 bridgehead atoms. The van der Waals surface area contributed by atoms with Crippen molar-refractivity contribution in [1.82, 2.24) is 20.1 Å². The van der Waals surface area contributed by atoms with E-state index >= 15 is 0 Å². The number of nitrogens with one attached hydrogen (secondary N) is 2. The van der Waals surface area contributed by atoms with Gasteiger partial charge >= 0.3 is 6.09 Å². The topological polar surface area (TPSA) is 157 Å². The van der Waals surface area contributed by atoms with Gasteiger partial charge in [-0.1, -0.05) is 0 Å². The summed E-state index contributed by atoms with van der Waals surface area (Å²) >= 11 is 0. The van der Waals surface area contributed by atoms with E-state index in [1.54, 1.807) is 55.9 Å². The first-order valence-electron chi connectivity index (χ1n) is 11.9. The van der Waals surface area contributed by atoms with Crippen LogP contribution in [0.3, 0.4) is 0 Å². The maximum Gasteiger partial charge on any atom is 0.407 e. The van der Waals surface area contributed by atoms with Crippen LogP contribution in [0.4, 0.5) is 22.0 Å². The molecular weight excluding hydrogens is 490 g/mol. The van der Waals surface area contributed by atoms with E-state index < -0.39 is 22.2 Å². The van der Waals surface area contributed by atoms with Crippen molar-refractivity contribution in [2.45, 2.75) is 52.7 Å². The molecule has 0 radical (unpaired) electrons. The first kappa shape index (κ1) is 27.9. The Morgan fingerprint density at radius 3 is 2.42 bits per heavy atom. The van der Waals surface area contributed by atoms with E-state index in [9.17, 15) is 20.2 Å². The Bertz CT molecular complexity index is 1350. The predicted molar refractivity (Wildman–Crippen MR) is 141 cm³/mol. The molecule has 0 atom stereocenters. The summed E-state index contributed by atoms with van der Waals surface area (Å²) in [4.78, 5) is 26.5. The molecule has 0 fully saturated rings. The van der Waals surface area contributed by atoms with Gasteiger partial charge in [-0.05, 0) is 59.7 Å². The molecule has 3 rings (SSSR count). The zero-order chi connectivity index (χ0) is 28.1. The Morgan fingerprint density at radius 1 is 1.16 bits per heavy atom. The molecule has 0 unspecified atom stereocenters. The van der Waals surface area contributed by atoms with Gasteiger partial charge in [0.15, 0.2) is 0 Å². The summed E-state index contributed by atoms with van der Waals surface area (Å²) in [6.45, 7) is 11.6. The van der Waals surface area contributed by atoms with E-state index in [0.29, 0.717) is 28.6 Å². The summed E-state index contributed by atoms with van der Waals surface area (Å²) in [7, 11) is 0. The van der Waals surface area contributed by atoms with Crippen LogP contribution in [-0.4, -0.2) is 44.5 Å². The van der Waals surface area contributed by atoms with Gasteiger partial charge in [0.1, 0.15) is 35.4 Å². The van der Waals surface area contributed by atoms with Gasteiger partial charge < -0.3 is 20.1 Å². The highest BCUT2D eigenvalue weighted by Crippen LogP contribution is 2.35. The smallest absolute Gasteiger partial charge is 0.407 e. The van der Waals surface area contributed by atoms with Gasteiger partial charge in [0.2, 0.25) is 5.88 Å². The molecule has 0 saturated heterocycles. The molecule has 12 heteroatoms. The van der Waals surface area contributed by atoms with E-state index in [4.69, 9.17) is 9.47 Å². The Kier molecular flexibility index (Phi) is 8.20. The lowest BCUT2D eigenvalue weighted by atomic mass is 10.1. The molecule has 3 aromatic rings. The summed E-state index contributed by atoms with van der Waals surface area (Å²) in [6, 6.07) is 11.5. The highest BCUT2D eigenvalue weighted by atomic mass is 16.6. The number of pyridine rings is 1. The van der Waals surface area contributed by atoms with Crippen molar-refractivity contribution in [3.8, 4) is 23.2 Å². The van der Waals surface area contributed by atoms with E-state index in [1.165, 1.54) is 12.1 Å². The van der Waals surface area contributed by atoms with Crippen molar-refractivity contribution < 1.29 is 19.2 Å². The van der Waals surface area contributed by atoms with Gasteiger partial charge in [0.05, 0.1) is 17.0 Å². The standard InChI is InChI=1S/C26H31N7O5/c1-25(2,3)32-23(20(16-27)22(31-32)17-7-9-19(10-8-17)33(35)36)30-18-11-12-28-21(15-18)37-14-13-29-24(34)38-26(4,5)6/h7-12,15H,13-14H2,1-6H3,(H,28,30)(H,29,34). The first-order valence-corrected chi connectivity index (χ1v) is 11.9. The lowest BCUT2D eigenvalue weighted by molar-refractivity contribution is -0.384. The minimum atomic E-state index is -0.591. The number of carbonyl (C=O) groups excluding carboxylic acids is 1. The fraction of sp³-hybridized carbons (Fsp3) is 0.385. The van der Waals surface area contributed by atoms with Crippen LogP contribution in [0.2, 0.25) is 0 Å². The number of hydrogen-bond acceptors (Lipinski definition) is 9. The van der Waals surface area contributed by atoms with E-state index in [2.05, 4.69) is 26.8 Å². The lowest BCUT2D eigenvalue weighted by Crippen LogP contribution is -2.34. The summed E-state index contributed by atoms with van der Waals surface area (Å²) in [5.74, 6) is 0.772. The fourth-order valence-corrected chi connectivity index (χ4v) is 3.39. The third-order valence-corrected chi connectivity index (χ3v) is 5.00. The third-order valence-electron chi connectivity index (χ3n) is 5.00. The van der Waals surface area contributed by atoms with Crippen LogP contribution in [0.25, 0.3) is 11.3 Å². The minimum Gasteiger partial charge on any atom is -0.476 e. The molecule has 0 aliphatic rings. The maximum absolute atomic E-state index is 11.8. The number of amides is 1. The van der Waals surface area contributed by atoms with Crippen LogP contribution >= 0.6 is 0 Å². The number of alkyl carbamates (subject to hydrolysis) is 1. The quantitative estimate of drug-likeness (QED) is 0.233. The molecule has 2 N–H and O–H groups in total. The summed E-state index contributed by atoms with van der Waals surface area (Å²) < 4.78 is 12.6. The van der Waals surface area contributed by atoms with Gasteiger partial charge in [-0.25, -0.2) is 14.5 Å². The SMILES string of the molecule is CC(C)(C)OC(=O)NCCOc1cc(Nc2c(C#N)c(-c3ccc([N+](=O)[O-])cc3)nn2C(C)(C)C)ccn1. The molecule has 200 valence electrons. The van der Waals surface area contributed by atoms with E-state index in [-0.39, 0.29) is 24.4 Å². The molecule has 38 heavy (non-hydrogen) atoms. The summed E-state index contributed by atoms with van der Waals surface area (Å²) in [5.41, 5.74) is 0.737. The summed E-state index contributed by atoms with van der Waals surface area (Å²) in [5, 5.41) is 31.6. The number of nitro benzene ring substituents is 1. The Hall–Kier alpha value is -4.66. The molecule has 2 aromatic heterocycles. The van der Waals surface area contributed by atoms with Gasteiger partial charge in [0.25, 0.3) is 5.69 Å². The summed E-state index contributed by atoms with van der Waals surface area (Å²) in [6.07, 6.45) is 1.02. The molecule has 2 heterocycles. The normalized spacial score (nSPS) is 11.4. The molecule has 0 aliphatic heterocycles. The first-order chi connectivity index (χ1) is 17.8. The number of hydrogen-bond donors (Lipinski definition) is 2. The van der Waals surface area contributed by atoms with Crippen molar-refractivity contribution in [3.63, 3.8) is 0 Å². The number of nitriles is 1. The zero-order valence-corrected chi connectivity index (χ0v) is 22.2. The highest BCUT2D eigenvalue weighted by molar-refractivity contribution is 5.77. The number of anilines is 2. The van der Waals surface area contributed by atoms with Crippen LogP contribution in [-0.2, 0) is 10.3 Å². The zero-order valence-electron chi connectivity index (χ0n) is 22.2. The second-order valence-electron chi connectivity index (χ2n) is 10.4. The predicted octanol–water partition coefficient (Wildman–Crippen LogP) is 5.13. The molecule has 1 aromatic carbocycles. The third kappa shape index (κ3) is 7.19. The van der Waals surface area contributed by atoms with E-state index in [1.807, 2.05) is 20.8 Å². The lowest BCUT2D eigenvalue weighted by Gasteiger charge is -2.23. The van der Waals surface area contributed by atoms with Gasteiger partial charge in [-0.3, -0.25) is 10.1 Å². The molecular formula is C26H31N7O5. The second kappa shape index (κ2) is 11.2. The Balaban J connectivity index is 1.81. The van der Waals surface area contributed by atoms with Crippen LogP contribution in [0.1, 0.15) is 47.1 Å². The highest BCUT2D eigenvalue weighted by Gasteiger charge is 2.26. The number of non-ortho nitro benzene ring substituents is 1. The average Bonchev–Trinajstić information content (AvgIpc) is 3.19. The van der Waals surface area contributed by atoms with Crippen molar-refractivity contribution in [1.29, 1.82) is 5.26 Å².